The maximum Gasteiger partial charge on any atom is 0.0415 e. The molecule has 0 aliphatic carbocycles. The van der Waals surface area contributed by atoms with E-state index in [-0.39, 0.29) is 0 Å². The van der Waals surface area contributed by atoms with Crippen molar-refractivity contribution in [2.75, 3.05) is 5.32 Å². The van der Waals surface area contributed by atoms with Gasteiger partial charge in [0.2, 0.25) is 0 Å². The Hall–Kier alpha value is -1.70. The van der Waals surface area contributed by atoms with Crippen molar-refractivity contribution in [1.82, 2.24) is 4.57 Å². The van der Waals surface area contributed by atoms with Crippen LogP contribution in [0.1, 0.15) is 24.5 Å². The van der Waals surface area contributed by atoms with E-state index in [1.807, 2.05) is 0 Å². The van der Waals surface area contributed by atoms with E-state index in [0.29, 0.717) is 0 Å². The molecule has 2 nitrogen and oxygen atoms in total. The lowest BCUT2D eigenvalue weighted by atomic mass is 10.2. The van der Waals surface area contributed by atoms with Gasteiger partial charge in [0, 0.05) is 31.2 Å². The Labute approximate surface area is 103 Å². The highest BCUT2D eigenvalue weighted by Gasteiger charge is 1.98. The molecule has 0 unspecified atom stereocenters. The lowest BCUT2D eigenvalue weighted by Crippen LogP contribution is -2.00. The molecule has 1 heterocycles. The second-order valence-electron chi connectivity index (χ2n) is 4.43. The predicted octanol–water partition coefficient (Wildman–Crippen LogP) is 3.82. The van der Waals surface area contributed by atoms with Gasteiger partial charge in [-0.3, -0.25) is 0 Å². The van der Waals surface area contributed by atoms with E-state index in [1.165, 1.54) is 23.2 Å². The molecule has 0 atom stereocenters. The molecule has 17 heavy (non-hydrogen) atoms. The first-order valence-electron chi connectivity index (χ1n) is 6.23. The van der Waals surface area contributed by atoms with Crippen LogP contribution in [0.25, 0.3) is 0 Å². The summed E-state index contributed by atoms with van der Waals surface area (Å²) in [5.41, 5.74) is 3.85. The molecule has 0 saturated carbocycles. The SMILES string of the molecule is CCCn1ccc(CNc2ccccc2C)c1. The summed E-state index contributed by atoms with van der Waals surface area (Å²) in [7, 11) is 0. The van der Waals surface area contributed by atoms with Crippen molar-refractivity contribution in [2.24, 2.45) is 0 Å². The van der Waals surface area contributed by atoms with Crippen molar-refractivity contribution in [2.45, 2.75) is 33.4 Å². The first-order valence-corrected chi connectivity index (χ1v) is 6.23. The molecule has 0 saturated heterocycles. The topological polar surface area (TPSA) is 17.0 Å². The summed E-state index contributed by atoms with van der Waals surface area (Å²) < 4.78 is 2.24. The molecular formula is C15H20N2. The standard InChI is InChI=1S/C15H20N2/c1-3-9-17-10-8-14(12-17)11-16-15-7-5-4-6-13(15)2/h4-8,10,12,16H,3,9,11H2,1-2H3. The molecular weight excluding hydrogens is 208 g/mol. The van der Waals surface area contributed by atoms with Crippen molar-refractivity contribution in [3.8, 4) is 0 Å². The first kappa shape index (κ1) is 11.8. The van der Waals surface area contributed by atoms with Crippen LogP contribution in [0.3, 0.4) is 0 Å². The van der Waals surface area contributed by atoms with Crippen LogP contribution in [0.5, 0.6) is 0 Å². The fourth-order valence-corrected chi connectivity index (χ4v) is 1.96. The maximum atomic E-state index is 3.47. The van der Waals surface area contributed by atoms with Crippen LogP contribution >= 0.6 is 0 Å². The van der Waals surface area contributed by atoms with E-state index in [9.17, 15) is 0 Å². The van der Waals surface area contributed by atoms with Crippen molar-refractivity contribution >= 4 is 5.69 Å². The van der Waals surface area contributed by atoms with Gasteiger partial charge in [0.25, 0.3) is 0 Å². The molecule has 0 aliphatic heterocycles. The van der Waals surface area contributed by atoms with Gasteiger partial charge in [-0.1, -0.05) is 25.1 Å². The molecule has 0 spiro atoms. The Balaban J connectivity index is 1.95. The molecule has 0 fully saturated rings. The molecule has 2 rings (SSSR count). The number of para-hydroxylation sites is 1. The summed E-state index contributed by atoms with van der Waals surface area (Å²) in [4.78, 5) is 0. The molecule has 2 aromatic rings. The smallest absolute Gasteiger partial charge is 0.0415 e. The van der Waals surface area contributed by atoms with Gasteiger partial charge >= 0.3 is 0 Å². The van der Waals surface area contributed by atoms with Gasteiger partial charge in [-0.05, 0) is 36.6 Å². The fraction of sp³-hybridized carbons (Fsp3) is 0.333. The zero-order valence-corrected chi connectivity index (χ0v) is 10.6. The second-order valence-corrected chi connectivity index (χ2v) is 4.43. The zero-order valence-electron chi connectivity index (χ0n) is 10.6. The molecule has 0 aliphatic rings. The zero-order chi connectivity index (χ0) is 12.1. The van der Waals surface area contributed by atoms with Gasteiger partial charge in [-0.25, -0.2) is 0 Å². The summed E-state index contributed by atoms with van der Waals surface area (Å²) in [6, 6.07) is 10.6. The van der Waals surface area contributed by atoms with E-state index >= 15 is 0 Å². The van der Waals surface area contributed by atoms with E-state index in [2.05, 4.69) is 66.5 Å². The van der Waals surface area contributed by atoms with Crippen LogP contribution in [-0.2, 0) is 13.1 Å². The third-order valence-corrected chi connectivity index (χ3v) is 2.92. The summed E-state index contributed by atoms with van der Waals surface area (Å²) >= 11 is 0. The number of rotatable bonds is 5. The van der Waals surface area contributed by atoms with E-state index in [4.69, 9.17) is 0 Å². The average Bonchev–Trinajstić information content (AvgIpc) is 2.76. The minimum absolute atomic E-state index is 0.890. The number of anilines is 1. The molecule has 1 aromatic heterocycles. The van der Waals surface area contributed by atoms with Crippen molar-refractivity contribution < 1.29 is 0 Å². The minimum Gasteiger partial charge on any atom is -0.381 e. The quantitative estimate of drug-likeness (QED) is 0.823. The number of hydrogen-bond acceptors (Lipinski definition) is 1. The number of nitrogens with zero attached hydrogens (tertiary/aromatic N) is 1. The van der Waals surface area contributed by atoms with E-state index in [0.717, 1.165) is 13.1 Å². The first-order chi connectivity index (χ1) is 8.29. The predicted molar refractivity (Wildman–Crippen MR) is 73.2 cm³/mol. The summed E-state index contributed by atoms with van der Waals surface area (Å²) in [5, 5.41) is 3.47. The number of aryl methyl sites for hydroxylation is 2. The number of nitrogens with one attached hydrogen (secondary N) is 1. The Morgan fingerprint density at radius 2 is 2.00 bits per heavy atom. The highest BCUT2D eigenvalue weighted by Crippen LogP contribution is 2.14. The summed E-state index contributed by atoms with van der Waals surface area (Å²) in [6.07, 6.45) is 5.55. The van der Waals surface area contributed by atoms with Gasteiger partial charge in [-0.2, -0.15) is 0 Å². The van der Waals surface area contributed by atoms with Crippen molar-refractivity contribution in [1.29, 1.82) is 0 Å². The number of aromatic nitrogens is 1. The second kappa shape index (κ2) is 5.58. The van der Waals surface area contributed by atoms with Gasteiger partial charge in [-0.15, -0.1) is 0 Å². The maximum absolute atomic E-state index is 3.47. The van der Waals surface area contributed by atoms with Crippen LogP contribution in [0.2, 0.25) is 0 Å². The normalized spacial score (nSPS) is 10.5. The number of hydrogen-bond donors (Lipinski definition) is 1. The summed E-state index contributed by atoms with van der Waals surface area (Å²) in [5.74, 6) is 0. The van der Waals surface area contributed by atoms with E-state index < -0.39 is 0 Å². The van der Waals surface area contributed by atoms with Gasteiger partial charge in [0.15, 0.2) is 0 Å². The molecule has 2 heteroatoms. The molecule has 0 radical (unpaired) electrons. The van der Waals surface area contributed by atoms with Crippen LogP contribution in [0.15, 0.2) is 42.7 Å². The molecule has 0 bridgehead atoms. The van der Waals surface area contributed by atoms with Crippen molar-refractivity contribution in [3.05, 3.63) is 53.9 Å². The summed E-state index contributed by atoms with van der Waals surface area (Å²) in [6.45, 7) is 6.32. The van der Waals surface area contributed by atoms with Crippen LogP contribution in [0.4, 0.5) is 5.69 Å². The minimum atomic E-state index is 0.890. The molecule has 1 N–H and O–H groups in total. The highest BCUT2D eigenvalue weighted by atomic mass is 14.9. The van der Waals surface area contributed by atoms with Gasteiger partial charge in [0.05, 0.1) is 0 Å². The third-order valence-electron chi connectivity index (χ3n) is 2.92. The lowest BCUT2D eigenvalue weighted by Gasteiger charge is -2.07. The Morgan fingerprint density at radius 1 is 1.18 bits per heavy atom. The Morgan fingerprint density at radius 3 is 2.76 bits per heavy atom. The largest absolute Gasteiger partial charge is 0.381 e. The lowest BCUT2D eigenvalue weighted by molar-refractivity contribution is 0.681. The molecule has 1 aromatic carbocycles. The third kappa shape index (κ3) is 3.13. The molecule has 90 valence electrons. The van der Waals surface area contributed by atoms with Crippen LogP contribution < -0.4 is 5.32 Å². The van der Waals surface area contributed by atoms with Gasteiger partial charge in [0.1, 0.15) is 0 Å². The Kier molecular flexibility index (Phi) is 3.86. The Bertz CT molecular complexity index is 471. The van der Waals surface area contributed by atoms with Gasteiger partial charge < -0.3 is 9.88 Å². The van der Waals surface area contributed by atoms with Crippen molar-refractivity contribution in [3.63, 3.8) is 0 Å². The average molecular weight is 228 g/mol. The molecule has 0 amide bonds. The van der Waals surface area contributed by atoms with Crippen LogP contribution in [-0.4, -0.2) is 4.57 Å². The highest BCUT2D eigenvalue weighted by molar-refractivity contribution is 5.50. The monoisotopic (exact) mass is 228 g/mol. The van der Waals surface area contributed by atoms with Crippen LogP contribution in [0, 0.1) is 6.92 Å². The fourth-order valence-electron chi connectivity index (χ4n) is 1.96. The number of benzene rings is 1. The van der Waals surface area contributed by atoms with E-state index in [1.54, 1.807) is 0 Å².